The van der Waals surface area contributed by atoms with E-state index in [1.807, 2.05) is 0 Å². The minimum absolute atomic E-state index is 0.112. The molecule has 0 aliphatic carbocycles. The maximum absolute atomic E-state index is 13.7. The monoisotopic (exact) mass is 472 g/mol. The molecule has 0 N–H and O–H groups in total. The molecule has 0 spiro atoms. The summed E-state index contributed by atoms with van der Waals surface area (Å²) in [5.74, 6) is -1.70. The van der Waals surface area contributed by atoms with Crippen LogP contribution in [0.15, 0.2) is 38.6 Å². The van der Waals surface area contributed by atoms with Crippen LogP contribution in [0.25, 0.3) is 21.9 Å². The van der Waals surface area contributed by atoms with Gasteiger partial charge in [-0.2, -0.15) is 0 Å². The SMILES string of the molecule is C=CCc1c2occc2c(OC)c2c(=O)c3c(oc12)C(C(=O)OCC)C(C(=O)OCC)SC3. The molecule has 0 bridgehead atoms. The first-order valence-corrected chi connectivity index (χ1v) is 11.6. The molecule has 2 atom stereocenters. The van der Waals surface area contributed by atoms with Crippen molar-refractivity contribution in [2.24, 2.45) is 0 Å². The quantitative estimate of drug-likeness (QED) is 0.371. The summed E-state index contributed by atoms with van der Waals surface area (Å²) in [6, 6.07) is 1.73. The molecule has 0 amide bonds. The van der Waals surface area contributed by atoms with Gasteiger partial charge < -0.3 is 23.0 Å². The number of allylic oxidation sites excluding steroid dienone is 1. The van der Waals surface area contributed by atoms with Crippen LogP contribution in [0.2, 0.25) is 0 Å². The van der Waals surface area contributed by atoms with Crippen LogP contribution in [-0.2, 0) is 31.2 Å². The zero-order chi connectivity index (χ0) is 23.7. The molecule has 0 saturated heterocycles. The second-order valence-electron chi connectivity index (χ2n) is 7.36. The average molecular weight is 473 g/mol. The number of carbonyl (C=O) groups excluding carboxylic acids is 2. The van der Waals surface area contributed by atoms with Crippen molar-refractivity contribution in [1.29, 1.82) is 0 Å². The van der Waals surface area contributed by atoms with Crippen LogP contribution in [0, 0.1) is 0 Å². The maximum Gasteiger partial charge on any atom is 0.320 e. The Bertz CT molecular complexity index is 1300. The summed E-state index contributed by atoms with van der Waals surface area (Å²) in [5.41, 5.74) is 1.33. The standard InChI is InChI=1S/C24H24O8S/c1-5-8-12-18-13(9-10-31-18)19(28-4)15-17(25)14-11-33-22(24(27)30-7-3)16(23(26)29-6-2)21(14)32-20(12)15/h5,9-10,16,22H,1,6-8,11H2,2-4H3. The number of thioether (sulfide) groups is 1. The molecule has 2 unspecified atom stereocenters. The van der Waals surface area contributed by atoms with Gasteiger partial charge in [-0.05, 0) is 26.3 Å². The third-order valence-corrected chi connectivity index (χ3v) is 6.81. The average Bonchev–Trinajstić information content (AvgIpc) is 3.29. The third-order valence-electron chi connectivity index (χ3n) is 5.53. The summed E-state index contributed by atoms with van der Waals surface area (Å²) in [7, 11) is 1.47. The Morgan fingerprint density at radius 2 is 1.94 bits per heavy atom. The fourth-order valence-electron chi connectivity index (χ4n) is 4.19. The lowest BCUT2D eigenvalue weighted by molar-refractivity contribution is -0.151. The van der Waals surface area contributed by atoms with E-state index in [2.05, 4.69) is 6.58 Å². The molecule has 0 radical (unpaired) electrons. The number of fused-ring (bicyclic) bond motifs is 3. The zero-order valence-electron chi connectivity index (χ0n) is 18.6. The van der Waals surface area contributed by atoms with Crippen molar-refractivity contribution in [2.75, 3.05) is 20.3 Å². The van der Waals surface area contributed by atoms with E-state index >= 15 is 0 Å². The maximum atomic E-state index is 13.7. The highest BCUT2D eigenvalue weighted by Gasteiger charge is 2.45. The molecule has 1 aliphatic rings. The second kappa shape index (κ2) is 9.35. The van der Waals surface area contributed by atoms with Gasteiger partial charge in [-0.1, -0.05) is 6.08 Å². The number of carbonyl (C=O) groups is 2. The van der Waals surface area contributed by atoms with Crippen molar-refractivity contribution in [3.05, 3.63) is 52.1 Å². The third kappa shape index (κ3) is 3.70. The molecule has 8 nitrogen and oxygen atoms in total. The van der Waals surface area contributed by atoms with Crippen LogP contribution in [0.4, 0.5) is 0 Å². The summed E-state index contributed by atoms with van der Waals surface area (Å²) in [5, 5.41) is 0.0119. The lowest BCUT2D eigenvalue weighted by Gasteiger charge is -2.29. The number of hydrogen-bond donors (Lipinski definition) is 0. The summed E-state index contributed by atoms with van der Waals surface area (Å²) in [6.45, 7) is 7.44. The normalized spacial score (nSPS) is 17.5. The van der Waals surface area contributed by atoms with E-state index in [0.717, 1.165) is 11.8 Å². The van der Waals surface area contributed by atoms with Gasteiger partial charge in [0.1, 0.15) is 39.2 Å². The number of esters is 2. The van der Waals surface area contributed by atoms with Gasteiger partial charge in [0.15, 0.2) is 0 Å². The van der Waals surface area contributed by atoms with E-state index < -0.39 is 23.1 Å². The van der Waals surface area contributed by atoms with E-state index in [4.69, 9.17) is 23.0 Å². The van der Waals surface area contributed by atoms with E-state index in [1.165, 1.54) is 13.4 Å². The summed E-state index contributed by atoms with van der Waals surface area (Å²) >= 11 is 1.16. The minimum atomic E-state index is -1.12. The summed E-state index contributed by atoms with van der Waals surface area (Å²) < 4.78 is 28.0. The van der Waals surface area contributed by atoms with Crippen molar-refractivity contribution in [2.45, 2.75) is 37.2 Å². The van der Waals surface area contributed by atoms with Crippen molar-refractivity contribution in [3.63, 3.8) is 0 Å². The molecule has 0 saturated carbocycles. The van der Waals surface area contributed by atoms with Crippen molar-refractivity contribution < 1.29 is 32.6 Å². The first-order chi connectivity index (χ1) is 16.0. The lowest BCUT2D eigenvalue weighted by Crippen LogP contribution is -2.38. The molecule has 4 rings (SSSR count). The van der Waals surface area contributed by atoms with Crippen molar-refractivity contribution in [3.8, 4) is 5.75 Å². The molecule has 0 fully saturated rings. The number of furan rings is 1. The summed E-state index contributed by atoms with van der Waals surface area (Å²) in [6.07, 6.45) is 3.53. The number of hydrogen-bond acceptors (Lipinski definition) is 9. The smallest absolute Gasteiger partial charge is 0.320 e. The zero-order valence-corrected chi connectivity index (χ0v) is 19.4. The minimum Gasteiger partial charge on any atom is -0.495 e. The number of ether oxygens (including phenoxy) is 3. The van der Waals surface area contributed by atoms with Gasteiger partial charge in [-0.25, -0.2) is 0 Å². The predicted octanol–water partition coefficient (Wildman–Crippen LogP) is 4.10. The van der Waals surface area contributed by atoms with E-state index in [0.29, 0.717) is 34.3 Å². The largest absolute Gasteiger partial charge is 0.495 e. The topological polar surface area (TPSA) is 105 Å². The highest BCUT2D eigenvalue weighted by atomic mass is 32.2. The molecular formula is C24H24O8S. The molecule has 174 valence electrons. The van der Waals surface area contributed by atoms with Gasteiger partial charge >= 0.3 is 11.9 Å². The van der Waals surface area contributed by atoms with Crippen molar-refractivity contribution >= 4 is 45.6 Å². The Morgan fingerprint density at radius 3 is 2.61 bits per heavy atom. The van der Waals surface area contributed by atoms with E-state index in [1.54, 1.807) is 26.0 Å². The Labute approximate surface area is 193 Å². The fraction of sp³-hybridized carbons (Fsp3) is 0.375. The van der Waals surface area contributed by atoms with Gasteiger partial charge in [0.2, 0.25) is 5.43 Å². The van der Waals surface area contributed by atoms with Crippen LogP contribution < -0.4 is 10.2 Å². The fourth-order valence-corrected chi connectivity index (χ4v) is 5.45. The van der Waals surface area contributed by atoms with Gasteiger partial charge in [0, 0.05) is 16.9 Å². The Kier molecular flexibility index (Phi) is 6.51. The Hall–Kier alpha value is -3.20. The first kappa shape index (κ1) is 23.0. The van der Waals surface area contributed by atoms with Crippen LogP contribution in [0.3, 0.4) is 0 Å². The number of rotatable bonds is 7. The molecule has 2 aromatic heterocycles. The van der Waals surface area contributed by atoms with Gasteiger partial charge in [0.25, 0.3) is 0 Å². The molecule has 3 aromatic rings. The van der Waals surface area contributed by atoms with E-state index in [9.17, 15) is 14.4 Å². The predicted molar refractivity (Wildman–Crippen MR) is 124 cm³/mol. The van der Waals surface area contributed by atoms with Crippen molar-refractivity contribution in [1.82, 2.24) is 0 Å². The molecule has 9 heteroatoms. The van der Waals surface area contributed by atoms with E-state index in [-0.39, 0.29) is 41.1 Å². The molecule has 3 heterocycles. The van der Waals surface area contributed by atoms with Gasteiger partial charge in [-0.15, -0.1) is 18.3 Å². The van der Waals surface area contributed by atoms with Gasteiger partial charge in [0.05, 0.1) is 32.0 Å². The summed E-state index contributed by atoms with van der Waals surface area (Å²) in [4.78, 5) is 39.4. The molecular weight excluding hydrogens is 448 g/mol. The van der Waals surface area contributed by atoms with Crippen LogP contribution in [0.5, 0.6) is 5.75 Å². The van der Waals surface area contributed by atoms with Crippen LogP contribution >= 0.6 is 11.8 Å². The van der Waals surface area contributed by atoms with Crippen LogP contribution in [-0.4, -0.2) is 37.5 Å². The first-order valence-electron chi connectivity index (χ1n) is 10.6. The Balaban J connectivity index is 2.07. The molecule has 1 aromatic carbocycles. The molecule has 1 aliphatic heterocycles. The lowest BCUT2D eigenvalue weighted by atomic mass is 9.94. The van der Waals surface area contributed by atoms with Gasteiger partial charge in [-0.3, -0.25) is 14.4 Å². The highest BCUT2D eigenvalue weighted by molar-refractivity contribution is 8.00. The second-order valence-corrected chi connectivity index (χ2v) is 8.49. The Morgan fingerprint density at radius 1 is 1.21 bits per heavy atom. The highest BCUT2D eigenvalue weighted by Crippen LogP contribution is 2.44. The number of benzene rings is 1. The molecule has 33 heavy (non-hydrogen) atoms. The van der Waals surface area contributed by atoms with Crippen LogP contribution in [0.1, 0.15) is 36.7 Å². The number of methoxy groups -OCH3 is 1.